The van der Waals surface area contributed by atoms with Crippen LogP contribution in [-0.2, 0) is 0 Å². The summed E-state index contributed by atoms with van der Waals surface area (Å²) in [7, 11) is 0. The normalized spacial score (nSPS) is 22.7. The summed E-state index contributed by atoms with van der Waals surface area (Å²) < 4.78 is 0. The Morgan fingerprint density at radius 1 is 0.926 bits per heavy atom. The van der Waals surface area contributed by atoms with Crippen LogP contribution in [0.4, 0.5) is 16.4 Å². The SMILES string of the molecule is O=C(Nc1cc(N2CCN(C3CCCCC3)CC2)ncn1)NC1CCCC1. The van der Waals surface area contributed by atoms with E-state index in [9.17, 15) is 4.79 Å². The van der Waals surface area contributed by atoms with Gasteiger partial charge in [-0.1, -0.05) is 32.1 Å². The van der Waals surface area contributed by atoms with Gasteiger partial charge in [0.2, 0.25) is 0 Å². The minimum Gasteiger partial charge on any atom is -0.354 e. The molecule has 3 fully saturated rings. The molecule has 0 spiro atoms. The van der Waals surface area contributed by atoms with Gasteiger partial charge in [0, 0.05) is 44.3 Å². The third-order valence-electron chi connectivity index (χ3n) is 6.31. The summed E-state index contributed by atoms with van der Waals surface area (Å²) in [5.41, 5.74) is 0. The van der Waals surface area contributed by atoms with Gasteiger partial charge in [0.25, 0.3) is 0 Å². The van der Waals surface area contributed by atoms with E-state index in [-0.39, 0.29) is 6.03 Å². The zero-order valence-corrected chi connectivity index (χ0v) is 16.2. The van der Waals surface area contributed by atoms with Gasteiger partial charge in [0.05, 0.1) is 0 Å². The Balaban J connectivity index is 1.29. The molecule has 4 rings (SSSR count). The van der Waals surface area contributed by atoms with E-state index in [1.165, 1.54) is 44.9 Å². The van der Waals surface area contributed by atoms with Crippen molar-refractivity contribution in [1.29, 1.82) is 0 Å². The minimum absolute atomic E-state index is 0.159. The second-order valence-electron chi connectivity index (χ2n) is 8.16. The quantitative estimate of drug-likeness (QED) is 0.850. The standard InChI is InChI=1S/C20H32N6O/c27-20(23-16-6-4-5-7-16)24-18-14-19(22-15-21-18)26-12-10-25(11-13-26)17-8-2-1-3-9-17/h14-17H,1-13H2,(H2,21,22,23,24,27). The molecule has 2 saturated carbocycles. The van der Waals surface area contributed by atoms with E-state index in [2.05, 4.69) is 30.4 Å². The van der Waals surface area contributed by atoms with Gasteiger partial charge < -0.3 is 10.2 Å². The Labute approximate surface area is 161 Å². The lowest BCUT2D eigenvalue weighted by Gasteiger charge is -2.41. The van der Waals surface area contributed by atoms with Crippen LogP contribution in [0.2, 0.25) is 0 Å². The lowest BCUT2D eigenvalue weighted by atomic mass is 9.94. The maximum absolute atomic E-state index is 12.2. The monoisotopic (exact) mass is 372 g/mol. The summed E-state index contributed by atoms with van der Waals surface area (Å²) in [6.07, 6.45) is 13.0. The number of urea groups is 1. The smallest absolute Gasteiger partial charge is 0.320 e. The highest BCUT2D eigenvalue weighted by Gasteiger charge is 2.26. The number of carbonyl (C=O) groups is 1. The average Bonchev–Trinajstić information content (AvgIpc) is 3.22. The van der Waals surface area contributed by atoms with Crippen LogP contribution in [0.25, 0.3) is 0 Å². The molecule has 27 heavy (non-hydrogen) atoms. The van der Waals surface area contributed by atoms with Crippen molar-refractivity contribution < 1.29 is 4.79 Å². The molecule has 2 N–H and O–H groups in total. The Bertz CT molecular complexity index is 619. The Kier molecular flexibility index (Phi) is 6.07. The molecule has 148 valence electrons. The van der Waals surface area contributed by atoms with Gasteiger partial charge in [-0.25, -0.2) is 14.8 Å². The highest BCUT2D eigenvalue weighted by atomic mass is 16.2. The summed E-state index contributed by atoms with van der Waals surface area (Å²) in [4.78, 5) is 25.8. The molecule has 0 radical (unpaired) electrons. The molecular weight excluding hydrogens is 340 g/mol. The summed E-state index contributed by atoms with van der Waals surface area (Å²) >= 11 is 0. The zero-order chi connectivity index (χ0) is 18.5. The first kappa shape index (κ1) is 18.5. The Morgan fingerprint density at radius 3 is 2.37 bits per heavy atom. The Hall–Kier alpha value is -1.89. The lowest BCUT2D eigenvalue weighted by Crippen LogP contribution is -2.51. The topological polar surface area (TPSA) is 73.4 Å². The number of hydrogen-bond acceptors (Lipinski definition) is 5. The largest absolute Gasteiger partial charge is 0.354 e. The zero-order valence-electron chi connectivity index (χ0n) is 16.2. The molecule has 0 unspecified atom stereocenters. The van der Waals surface area contributed by atoms with Gasteiger partial charge in [-0.05, 0) is 25.7 Å². The molecule has 1 aromatic rings. The maximum Gasteiger partial charge on any atom is 0.320 e. The van der Waals surface area contributed by atoms with Gasteiger partial charge in [-0.3, -0.25) is 10.2 Å². The second kappa shape index (κ2) is 8.87. The van der Waals surface area contributed by atoms with Gasteiger partial charge in [0.1, 0.15) is 18.0 Å². The van der Waals surface area contributed by atoms with Crippen molar-refractivity contribution in [2.24, 2.45) is 0 Å². The van der Waals surface area contributed by atoms with Crippen LogP contribution < -0.4 is 15.5 Å². The van der Waals surface area contributed by atoms with Crippen molar-refractivity contribution in [2.75, 3.05) is 36.4 Å². The molecule has 2 heterocycles. The van der Waals surface area contributed by atoms with E-state index in [1.54, 1.807) is 6.33 Å². The summed E-state index contributed by atoms with van der Waals surface area (Å²) in [6.45, 7) is 4.17. The van der Waals surface area contributed by atoms with Crippen LogP contribution in [0.1, 0.15) is 57.8 Å². The fourth-order valence-electron chi connectivity index (χ4n) is 4.76. The van der Waals surface area contributed by atoms with Crippen molar-refractivity contribution in [1.82, 2.24) is 20.2 Å². The number of rotatable bonds is 4. The molecule has 1 aliphatic heterocycles. The van der Waals surface area contributed by atoms with E-state index < -0.39 is 0 Å². The molecule has 1 saturated heterocycles. The van der Waals surface area contributed by atoms with Crippen molar-refractivity contribution in [3.8, 4) is 0 Å². The second-order valence-corrected chi connectivity index (χ2v) is 8.16. The van der Waals surface area contributed by atoms with E-state index >= 15 is 0 Å². The predicted molar refractivity (Wildman–Crippen MR) is 107 cm³/mol. The summed E-state index contributed by atoms with van der Waals surface area (Å²) in [5, 5.41) is 5.91. The molecule has 3 aliphatic rings. The molecule has 0 bridgehead atoms. The van der Waals surface area contributed by atoms with Crippen LogP contribution in [-0.4, -0.2) is 59.2 Å². The fraction of sp³-hybridized carbons (Fsp3) is 0.750. The van der Waals surface area contributed by atoms with Crippen molar-refractivity contribution in [3.05, 3.63) is 12.4 Å². The number of amides is 2. The van der Waals surface area contributed by atoms with Gasteiger partial charge in [-0.15, -0.1) is 0 Å². The fourth-order valence-corrected chi connectivity index (χ4v) is 4.76. The number of carbonyl (C=O) groups excluding carboxylic acids is 1. The average molecular weight is 373 g/mol. The lowest BCUT2D eigenvalue weighted by molar-refractivity contribution is 0.147. The number of nitrogens with zero attached hydrogens (tertiary/aromatic N) is 4. The maximum atomic E-state index is 12.2. The number of aromatic nitrogens is 2. The molecule has 0 aromatic carbocycles. The van der Waals surface area contributed by atoms with Crippen LogP contribution >= 0.6 is 0 Å². The first-order chi connectivity index (χ1) is 13.3. The number of anilines is 2. The van der Waals surface area contributed by atoms with Crippen LogP contribution in [0.15, 0.2) is 12.4 Å². The highest BCUT2D eigenvalue weighted by molar-refractivity contribution is 5.88. The van der Waals surface area contributed by atoms with E-state index in [0.717, 1.165) is 50.9 Å². The van der Waals surface area contributed by atoms with Crippen molar-refractivity contribution in [2.45, 2.75) is 69.9 Å². The first-order valence-electron chi connectivity index (χ1n) is 10.7. The van der Waals surface area contributed by atoms with Crippen LogP contribution in [0.3, 0.4) is 0 Å². The molecule has 0 atom stereocenters. The molecule has 2 aliphatic carbocycles. The van der Waals surface area contributed by atoms with Crippen LogP contribution in [0, 0.1) is 0 Å². The third kappa shape index (κ3) is 4.89. The van der Waals surface area contributed by atoms with E-state index in [1.807, 2.05) is 6.07 Å². The van der Waals surface area contributed by atoms with Crippen LogP contribution in [0.5, 0.6) is 0 Å². The van der Waals surface area contributed by atoms with E-state index in [0.29, 0.717) is 11.9 Å². The highest BCUT2D eigenvalue weighted by Crippen LogP contribution is 2.25. The minimum atomic E-state index is -0.159. The third-order valence-corrected chi connectivity index (χ3v) is 6.31. The van der Waals surface area contributed by atoms with Gasteiger partial charge in [-0.2, -0.15) is 0 Å². The van der Waals surface area contributed by atoms with E-state index in [4.69, 9.17) is 0 Å². The molecule has 2 amide bonds. The van der Waals surface area contributed by atoms with Crippen molar-refractivity contribution >= 4 is 17.7 Å². The predicted octanol–water partition coefficient (Wildman–Crippen LogP) is 3.00. The molecule has 7 heteroatoms. The number of nitrogens with one attached hydrogen (secondary N) is 2. The Morgan fingerprint density at radius 2 is 1.63 bits per heavy atom. The first-order valence-corrected chi connectivity index (χ1v) is 10.7. The summed E-state index contributed by atoms with van der Waals surface area (Å²) in [6, 6.07) is 2.82. The molecular formula is C20H32N6O. The number of piperazine rings is 1. The number of hydrogen-bond donors (Lipinski definition) is 2. The van der Waals surface area contributed by atoms with Crippen molar-refractivity contribution in [3.63, 3.8) is 0 Å². The molecule has 7 nitrogen and oxygen atoms in total. The molecule has 1 aromatic heterocycles. The van der Waals surface area contributed by atoms with Gasteiger partial charge in [0.15, 0.2) is 0 Å². The summed E-state index contributed by atoms with van der Waals surface area (Å²) in [5.74, 6) is 1.48. The van der Waals surface area contributed by atoms with Gasteiger partial charge >= 0.3 is 6.03 Å².